The number of thiophene rings is 1. The lowest BCUT2D eigenvalue weighted by Gasteiger charge is -2.40. The molecule has 0 spiro atoms. The molecule has 5 nitrogen and oxygen atoms in total. The van der Waals surface area contributed by atoms with Crippen molar-refractivity contribution in [1.82, 2.24) is 5.32 Å². The van der Waals surface area contributed by atoms with E-state index in [0.29, 0.717) is 25.3 Å². The van der Waals surface area contributed by atoms with Gasteiger partial charge in [0.25, 0.3) is 0 Å². The van der Waals surface area contributed by atoms with Crippen LogP contribution in [0.4, 0.5) is 15.8 Å². The Hall–Kier alpha value is -3.19. The molecule has 0 saturated carbocycles. The highest BCUT2D eigenvalue weighted by molar-refractivity contribution is 7.10. The van der Waals surface area contributed by atoms with E-state index in [4.69, 9.17) is 0 Å². The van der Waals surface area contributed by atoms with Gasteiger partial charge in [-0.05, 0) is 73.5 Å². The van der Waals surface area contributed by atoms with Gasteiger partial charge >= 0.3 is 0 Å². The summed E-state index contributed by atoms with van der Waals surface area (Å²) in [4.78, 5) is 31.7. The summed E-state index contributed by atoms with van der Waals surface area (Å²) < 4.78 is 13.3. The standard InChI is InChI=1S/C28H30FN3O2S/c1-19-4-8-23(9-5-19)32-26(33)13-12-24(27(32)25-3-2-16-35-25)28(34)30-17-20-14-15-31(18-20)22-10-6-21(29)7-11-22/h2-11,16,20,24,27H,12-15,17-18H2,1H3,(H,30,34). The lowest BCUT2D eigenvalue weighted by Crippen LogP contribution is -2.48. The first-order valence-electron chi connectivity index (χ1n) is 12.2. The van der Waals surface area contributed by atoms with E-state index in [-0.39, 0.29) is 29.6 Å². The summed E-state index contributed by atoms with van der Waals surface area (Å²) in [7, 11) is 0. The van der Waals surface area contributed by atoms with E-state index >= 15 is 0 Å². The molecular formula is C28H30FN3O2S. The topological polar surface area (TPSA) is 52.7 Å². The van der Waals surface area contributed by atoms with Crippen LogP contribution < -0.4 is 15.1 Å². The van der Waals surface area contributed by atoms with Gasteiger partial charge in [0, 0.05) is 42.3 Å². The zero-order valence-electron chi connectivity index (χ0n) is 19.8. The van der Waals surface area contributed by atoms with Crippen LogP contribution in [-0.4, -0.2) is 31.4 Å². The lowest BCUT2D eigenvalue weighted by molar-refractivity contribution is -0.129. The molecule has 2 aromatic carbocycles. The molecule has 0 bridgehead atoms. The zero-order valence-corrected chi connectivity index (χ0v) is 20.6. The normalized spacial score (nSPS) is 22.5. The third-order valence-corrected chi connectivity index (χ3v) is 8.07. The van der Waals surface area contributed by atoms with Crippen LogP contribution in [0, 0.1) is 24.6 Å². The molecule has 2 saturated heterocycles. The first-order chi connectivity index (χ1) is 17.0. The van der Waals surface area contributed by atoms with E-state index in [1.165, 1.54) is 12.1 Å². The lowest BCUT2D eigenvalue weighted by atomic mass is 9.86. The van der Waals surface area contributed by atoms with Crippen molar-refractivity contribution < 1.29 is 14.0 Å². The summed E-state index contributed by atoms with van der Waals surface area (Å²) in [6.45, 7) is 4.35. The number of nitrogens with zero attached hydrogens (tertiary/aromatic N) is 2. The first kappa shape index (κ1) is 23.5. The number of halogens is 1. The molecule has 3 unspecified atom stereocenters. The third kappa shape index (κ3) is 5.10. The number of benzene rings is 2. The molecule has 182 valence electrons. The maximum Gasteiger partial charge on any atom is 0.227 e. The molecule has 0 aliphatic carbocycles. The molecule has 3 heterocycles. The highest BCUT2D eigenvalue weighted by Gasteiger charge is 2.42. The molecule has 35 heavy (non-hydrogen) atoms. The SMILES string of the molecule is Cc1ccc(N2C(=O)CCC(C(=O)NCC3CCN(c4ccc(F)cc4)C3)C2c2cccs2)cc1. The van der Waals surface area contributed by atoms with Crippen molar-refractivity contribution in [3.63, 3.8) is 0 Å². The number of carbonyl (C=O) groups is 2. The van der Waals surface area contributed by atoms with Crippen molar-refractivity contribution in [3.05, 3.63) is 82.3 Å². The van der Waals surface area contributed by atoms with Crippen LogP contribution in [0.2, 0.25) is 0 Å². The van der Waals surface area contributed by atoms with Gasteiger partial charge < -0.3 is 15.1 Å². The van der Waals surface area contributed by atoms with E-state index in [1.54, 1.807) is 23.5 Å². The molecule has 5 rings (SSSR count). The highest BCUT2D eigenvalue weighted by Crippen LogP contribution is 2.41. The van der Waals surface area contributed by atoms with Gasteiger partial charge in [-0.3, -0.25) is 9.59 Å². The van der Waals surface area contributed by atoms with Crippen molar-refractivity contribution in [1.29, 1.82) is 0 Å². The monoisotopic (exact) mass is 491 g/mol. The van der Waals surface area contributed by atoms with Crippen molar-refractivity contribution >= 4 is 34.5 Å². The average Bonchev–Trinajstić information content (AvgIpc) is 3.56. The number of piperidine rings is 1. The van der Waals surface area contributed by atoms with Crippen LogP contribution in [0.1, 0.15) is 35.7 Å². The second-order valence-corrected chi connectivity index (χ2v) is 10.5. The van der Waals surface area contributed by atoms with E-state index < -0.39 is 0 Å². The minimum absolute atomic E-state index is 0.00763. The Bertz CT molecular complexity index is 1160. The predicted octanol–water partition coefficient (Wildman–Crippen LogP) is 5.32. The molecule has 2 aliphatic heterocycles. The van der Waals surface area contributed by atoms with E-state index in [0.717, 1.165) is 41.3 Å². The van der Waals surface area contributed by atoms with Gasteiger partial charge in [-0.2, -0.15) is 0 Å². The van der Waals surface area contributed by atoms with Crippen molar-refractivity contribution in [2.75, 3.05) is 29.4 Å². The minimum Gasteiger partial charge on any atom is -0.371 e. The summed E-state index contributed by atoms with van der Waals surface area (Å²) in [6, 6.07) is 18.2. The summed E-state index contributed by atoms with van der Waals surface area (Å²) in [6.07, 6.45) is 1.88. The van der Waals surface area contributed by atoms with Crippen molar-refractivity contribution in [2.45, 2.75) is 32.2 Å². The second-order valence-electron chi connectivity index (χ2n) is 9.53. The van der Waals surface area contributed by atoms with E-state index in [9.17, 15) is 14.0 Å². The van der Waals surface area contributed by atoms with Gasteiger partial charge in [0.1, 0.15) is 5.82 Å². The largest absolute Gasteiger partial charge is 0.371 e. The van der Waals surface area contributed by atoms with E-state index in [2.05, 4.69) is 10.2 Å². The number of anilines is 2. The number of hydrogen-bond acceptors (Lipinski definition) is 4. The smallest absolute Gasteiger partial charge is 0.227 e. The van der Waals surface area contributed by atoms with Gasteiger partial charge in [-0.25, -0.2) is 4.39 Å². The van der Waals surface area contributed by atoms with Gasteiger partial charge in [0.2, 0.25) is 11.8 Å². The molecule has 7 heteroatoms. The van der Waals surface area contributed by atoms with Crippen molar-refractivity contribution in [2.24, 2.45) is 11.8 Å². The van der Waals surface area contributed by atoms with E-state index in [1.807, 2.05) is 53.6 Å². The Morgan fingerprint density at radius 2 is 1.80 bits per heavy atom. The summed E-state index contributed by atoms with van der Waals surface area (Å²) in [5.41, 5.74) is 2.98. The maximum atomic E-state index is 13.5. The van der Waals surface area contributed by atoms with Crippen molar-refractivity contribution in [3.8, 4) is 0 Å². The number of aryl methyl sites for hydroxylation is 1. The Labute approximate surface area is 209 Å². The predicted molar refractivity (Wildman–Crippen MR) is 138 cm³/mol. The fraction of sp³-hybridized carbons (Fsp3) is 0.357. The molecule has 2 fully saturated rings. The van der Waals surface area contributed by atoms with Crippen LogP contribution in [-0.2, 0) is 9.59 Å². The minimum atomic E-state index is -0.307. The summed E-state index contributed by atoms with van der Waals surface area (Å²) in [5.74, 6) is -0.136. The Balaban J connectivity index is 1.29. The number of rotatable bonds is 6. The number of amides is 2. The molecular weight excluding hydrogens is 461 g/mol. The summed E-state index contributed by atoms with van der Waals surface area (Å²) >= 11 is 1.59. The molecule has 3 atom stereocenters. The Morgan fingerprint density at radius 3 is 2.51 bits per heavy atom. The van der Waals surface area contributed by atoms with Gasteiger partial charge in [0.15, 0.2) is 0 Å². The molecule has 1 aromatic heterocycles. The number of hydrogen-bond donors (Lipinski definition) is 1. The first-order valence-corrected chi connectivity index (χ1v) is 13.1. The second kappa shape index (κ2) is 10.2. The van der Waals surface area contributed by atoms with Crippen LogP contribution in [0.3, 0.4) is 0 Å². The quantitative estimate of drug-likeness (QED) is 0.508. The molecule has 2 amide bonds. The fourth-order valence-corrected chi connectivity index (χ4v) is 6.10. The maximum absolute atomic E-state index is 13.5. The van der Waals surface area contributed by atoms with Crippen LogP contribution in [0.5, 0.6) is 0 Å². The number of carbonyl (C=O) groups excluding carboxylic acids is 2. The van der Waals surface area contributed by atoms with Gasteiger partial charge in [0.05, 0.1) is 12.0 Å². The zero-order chi connectivity index (χ0) is 24.4. The van der Waals surface area contributed by atoms with Crippen LogP contribution >= 0.6 is 11.3 Å². The average molecular weight is 492 g/mol. The van der Waals surface area contributed by atoms with Gasteiger partial charge in [-0.1, -0.05) is 23.8 Å². The summed E-state index contributed by atoms with van der Waals surface area (Å²) in [5, 5.41) is 5.20. The molecule has 1 N–H and O–H groups in total. The van der Waals surface area contributed by atoms with Gasteiger partial charge in [-0.15, -0.1) is 11.3 Å². The third-order valence-electron chi connectivity index (χ3n) is 7.12. The molecule has 0 radical (unpaired) electrons. The molecule has 2 aliphatic rings. The van der Waals surface area contributed by atoms with Crippen LogP contribution in [0.15, 0.2) is 66.0 Å². The number of nitrogens with one attached hydrogen (secondary N) is 1. The fourth-order valence-electron chi connectivity index (χ4n) is 5.22. The Morgan fingerprint density at radius 1 is 1.06 bits per heavy atom. The molecule has 3 aromatic rings. The highest BCUT2D eigenvalue weighted by atomic mass is 32.1. The van der Waals surface area contributed by atoms with Crippen LogP contribution in [0.25, 0.3) is 0 Å². The Kier molecular flexibility index (Phi) is 6.86.